The molecule has 1 aromatic rings. The minimum Gasteiger partial charge on any atom is -0.469 e. The minimum absolute atomic E-state index is 0.256. The van der Waals surface area contributed by atoms with E-state index in [2.05, 4.69) is 20.7 Å². The predicted molar refractivity (Wildman–Crippen MR) is 64.2 cm³/mol. The molecule has 0 radical (unpaired) electrons. The van der Waals surface area contributed by atoms with Crippen LogP contribution in [-0.2, 0) is 9.53 Å². The number of methoxy groups -OCH3 is 1. The molecule has 0 heterocycles. The summed E-state index contributed by atoms with van der Waals surface area (Å²) in [5.74, 6) is -0.262. The summed E-state index contributed by atoms with van der Waals surface area (Å²) in [7, 11) is 1.37. The summed E-state index contributed by atoms with van der Waals surface area (Å²) in [5.41, 5.74) is 7.34. The Hall–Kier alpha value is -1.29. The van der Waals surface area contributed by atoms with Crippen LogP contribution in [0, 0.1) is 0 Å². The van der Waals surface area contributed by atoms with Gasteiger partial charge in [0.25, 0.3) is 0 Å². The SMILES string of the molecule is COC(=O)CC=Cc1ccc(Br)cc1N. The van der Waals surface area contributed by atoms with E-state index in [9.17, 15) is 4.79 Å². The summed E-state index contributed by atoms with van der Waals surface area (Å²) in [6.45, 7) is 0. The van der Waals surface area contributed by atoms with E-state index in [1.807, 2.05) is 18.2 Å². The average Bonchev–Trinajstić information content (AvgIpc) is 2.21. The lowest BCUT2D eigenvalue weighted by Gasteiger charge is -2.00. The molecule has 4 heteroatoms. The average molecular weight is 270 g/mol. The molecular formula is C11H12BrNO2. The van der Waals surface area contributed by atoms with Gasteiger partial charge in [0.05, 0.1) is 13.5 Å². The van der Waals surface area contributed by atoms with Gasteiger partial charge >= 0.3 is 5.97 Å². The molecule has 0 spiro atoms. The van der Waals surface area contributed by atoms with Crippen LogP contribution < -0.4 is 5.73 Å². The number of hydrogen-bond donors (Lipinski definition) is 1. The first-order valence-corrected chi connectivity index (χ1v) is 5.21. The Labute approximate surface area is 97.0 Å². The van der Waals surface area contributed by atoms with Crippen LogP contribution in [0.1, 0.15) is 12.0 Å². The largest absolute Gasteiger partial charge is 0.469 e. The molecule has 0 bridgehead atoms. The first-order valence-electron chi connectivity index (χ1n) is 4.42. The van der Waals surface area contributed by atoms with E-state index < -0.39 is 0 Å². The van der Waals surface area contributed by atoms with Gasteiger partial charge in [0, 0.05) is 10.2 Å². The number of esters is 1. The first-order chi connectivity index (χ1) is 7.13. The van der Waals surface area contributed by atoms with Crippen LogP contribution >= 0.6 is 15.9 Å². The van der Waals surface area contributed by atoms with E-state index in [0.29, 0.717) is 5.69 Å². The Morgan fingerprint density at radius 3 is 2.93 bits per heavy atom. The van der Waals surface area contributed by atoms with Crippen molar-refractivity contribution in [3.63, 3.8) is 0 Å². The van der Waals surface area contributed by atoms with Crippen LogP contribution in [0.3, 0.4) is 0 Å². The van der Waals surface area contributed by atoms with Crippen molar-refractivity contribution in [2.45, 2.75) is 6.42 Å². The normalized spacial score (nSPS) is 10.5. The Kier molecular flexibility index (Phi) is 4.37. The fraction of sp³-hybridized carbons (Fsp3) is 0.182. The minimum atomic E-state index is -0.262. The third kappa shape index (κ3) is 3.75. The standard InChI is InChI=1S/C11H12BrNO2/c1-15-11(14)4-2-3-8-5-6-9(12)7-10(8)13/h2-3,5-7H,4,13H2,1H3. The topological polar surface area (TPSA) is 52.3 Å². The lowest BCUT2D eigenvalue weighted by Crippen LogP contribution is -1.96. The first kappa shape index (κ1) is 11.8. The maximum Gasteiger partial charge on any atom is 0.309 e. The molecule has 0 aromatic heterocycles. The van der Waals surface area contributed by atoms with Crippen LogP contribution in [-0.4, -0.2) is 13.1 Å². The van der Waals surface area contributed by atoms with Crippen molar-refractivity contribution in [1.82, 2.24) is 0 Å². The zero-order valence-electron chi connectivity index (χ0n) is 8.37. The van der Waals surface area contributed by atoms with E-state index in [0.717, 1.165) is 10.0 Å². The van der Waals surface area contributed by atoms with Gasteiger partial charge in [0.15, 0.2) is 0 Å². The number of anilines is 1. The van der Waals surface area contributed by atoms with E-state index in [1.165, 1.54) is 7.11 Å². The molecule has 3 nitrogen and oxygen atoms in total. The molecule has 15 heavy (non-hydrogen) atoms. The fourth-order valence-electron chi connectivity index (χ4n) is 1.06. The Morgan fingerprint density at radius 2 is 2.33 bits per heavy atom. The van der Waals surface area contributed by atoms with Crippen molar-refractivity contribution in [3.05, 3.63) is 34.3 Å². The number of carbonyl (C=O) groups is 1. The molecule has 0 amide bonds. The van der Waals surface area contributed by atoms with Gasteiger partial charge in [-0.25, -0.2) is 0 Å². The molecule has 1 aromatic carbocycles. The molecule has 0 aliphatic rings. The van der Waals surface area contributed by atoms with Gasteiger partial charge in [0.2, 0.25) is 0 Å². The predicted octanol–water partition coefficient (Wildman–Crippen LogP) is 2.61. The summed E-state index contributed by atoms with van der Waals surface area (Å²) in [6, 6.07) is 5.60. The Balaban J connectivity index is 2.68. The number of rotatable bonds is 3. The van der Waals surface area contributed by atoms with Gasteiger partial charge < -0.3 is 10.5 Å². The number of ether oxygens (including phenoxy) is 1. The van der Waals surface area contributed by atoms with E-state index in [1.54, 1.807) is 12.2 Å². The van der Waals surface area contributed by atoms with Crippen LogP contribution in [0.25, 0.3) is 6.08 Å². The number of halogens is 1. The lowest BCUT2D eigenvalue weighted by molar-refractivity contribution is -0.139. The smallest absolute Gasteiger partial charge is 0.309 e. The number of hydrogen-bond acceptors (Lipinski definition) is 3. The molecule has 0 saturated heterocycles. The van der Waals surface area contributed by atoms with Crippen molar-refractivity contribution in [1.29, 1.82) is 0 Å². The second-order valence-corrected chi connectivity index (χ2v) is 3.87. The third-order valence-corrected chi connectivity index (χ3v) is 2.35. The zero-order chi connectivity index (χ0) is 11.3. The van der Waals surface area contributed by atoms with Gasteiger partial charge in [-0.15, -0.1) is 0 Å². The number of benzene rings is 1. The third-order valence-electron chi connectivity index (χ3n) is 1.86. The maximum absolute atomic E-state index is 10.8. The van der Waals surface area contributed by atoms with Gasteiger partial charge in [-0.1, -0.05) is 34.1 Å². The fourth-order valence-corrected chi connectivity index (χ4v) is 1.44. The highest BCUT2D eigenvalue weighted by Crippen LogP contribution is 2.19. The Bertz CT molecular complexity index is 388. The Morgan fingerprint density at radius 1 is 1.60 bits per heavy atom. The number of nitrogens with two attached hydrogens (primary N) is 1. The number of nitrogen functional groups attached to an aromatic ring is 1. The summed E-state index contributed by atoms with van der Waals surface area (Å²) in [5, 5.41) is 0. The highest BCUT2D eigenvalue weighted by molar-refractivity contribution is 9.10. The van der Waals surface area contributed by atoms with E-state index in [-0.39, 0.29) is 12.4 Å². The molecule has 0 aliphatic heterocycles. The lowest BCUT2D eigenvalue weighted by atomic mass is 10.1. The van der Waals surface area contributed by atoms with E-state index >= 15 is 0 Å². The molecule has 2 N–H and O–H groups in total. The molecule has 0 aliphatic carbocycles. The highest BCUT2D eigenvalue weighted by Gasteiger charge is 1.97. The second kappa shape index (κ2) is 5.56. The number of carbonyl (C=O) groups excluding carboxylic acids is 1. The van der Waals surface area contributed by atoms with Crippen molar-refractivity contribution in [3.8, 4) is 0 Å². The maximum atomic E-state index is 10.8. The summed E-state index contributed by atoms with van der Waals surface area (Å²) < 4.78 is 5.44. The monoisotopic (exact) mass is 269 g/mol. The second-order valence-electron chi connectivity index (χ2n) is 2.96. The summed E-state index contributed by atoms with van der Waals surface area (Å²) in [6.07, 6.45) is 3.79. The van der Waals surface area contributed by atoms with Crippen molar-refractivity contribution >= 4 is 33.7 Å². The van der Waals surface area contributed by atoms with E-state index in [4.69, 9.17) is 5.73 Å². The quantitative estimate of drug-likeness (QED) is 0.678. The van der Waals surface area contributed by atoms with Gasteiger partial charge in [-0.05, 0) is 17.7 Å². The molecule has 0 atom stereocenters. The van der Waals surface area contributed by atoms with Gasteiger partial charge in [-0.2, -0.15) is 0 Å². The van der Waals surface area contributed by atoms with Crippen molar-refractivity contribution in [2.24, 2.45) is 0 Å². The highest BCUT2D eigenvalue weighted by atomic mass is 79.9. The molecule has 0 unspecified atom stereocenters. The van der Waals surface area contributed by atoms with Crippen molar-refractivity contribution < 1.29 is 9.53 Å². The molecule has 0 saturated carbocycles. The zero-order valence-corrected chi connectivity index (χ0v) is 9.95. The van der Waals surface area contributed by atoms with Gasteiger partial charge in [-0.3, -0.25) is 4.79 Å². The van der Waals surface area contributed by atoms with Crippen molar-refractivity contribution in [2.75, 3.05) is 12.8 Å². The summed E-state index contributed by atoms with van der Waals surface area (Å²) >= 11 is 3.32. The summed E-state index contributed by atoms with van der Waals surface area (Å²) in [4.78, 5) is 10.8. The van der Waals surface area contributed by atoms with Gasteiger partial charge in [0.1, 0.15) is 0 Å². The van der Waals surface area contributed by atoms with Crippen LogP contribution in [0.15, 0.2) is 28.7 Å². The van der Waals surface area contributed by atoms with Crippen LogP contribution in [0.2, 0.25) is 0 Å². The van der Waals surface area contributed by atoms with Crippen LogP contribution in [0.5, 0.6) is 0 Å². The molecule has 1 rings (SSSR count). The molecular weight excluding hydrogens is 258 g/mol. The van der Waals surface area contributed by atoms with Crippen LogP contribution in [0.4, 0.5) is 5.69 Å². The molecule has 80 valence electrons. The molecule has 0 fully saturated rings.